The van der Waals surface area contributed by atoms with Crippen LogP contribution in [0.1, 0.15) is 22.9 Å². The van der Waals surface area contributed by atoms with Crippen molar-refractivity contribution in [2.24, 2.45) is 9.98 Å². The molecular weight excluding hydrogens is 657 g/mol. The van der Waals surface area contributed by atoms with Crippen LogP contribution in [-0.2, 0) is 0 Å². The van der Waals surface area contributed by atoms with E-state index in [1.54, 1.807) is 0 Å². The van der Waals surface area contributed by atoms with E-state index in [0.717, 1.165) is 55.9 Å². The third kappa shape index (κ3) is 6.00. The summed E-state index contributed by atoms with van der Waals surface area (Å²) < 4.78 is 0. The molecule has 0 spiro atoms. The lowest BCUT2D eigenvalue weighted by molar-refractivity contribution is 0.675. The van der Waals surface area contributed by atoms with Gasteiger partial charge < -0.3 is 5.32 Å². The Morgan fingerprint density at radius 2 is 0.963 bits per heavy atom. The number of nitrogens with zero attached hydrogens (tertiary/aromatic N) is 3. The molecule has 54 heavy (non-hydrogen) atoms. The SMILES string of the molecule is c1ccc(C2=NC(c3ccc4ccccc4c3)NC(c3cc(-c4ccc(-c5ccncc5)cc4)cc(-c4ccc5c(ccc6ccccc65)c4)c3)=N2)cc1. The molecule has 4 heteroatoms. The van der Waals surface area contributed by atoms with Gasteiger partial charge >= 0.3 is 0 Å². The van der Waals surface area contributed by atoms with Crippen molar-refractivity contribution >= 4 is 44.0 Å². The van der Waals surface area contributed by atoms with Gasteiger partial charge in [0.05, 0.1) is 0 Å². The van der Waals surface area contributed by atoms with Crippen LogP contribution in [-0.4, -0.2) is 16.7 Å². The Bertz CT molecular complexity index is 2890. The molecule has 254 valence electrons. The first-order chi connectivity index (χ1) is 26.7. The van der Waals surface area contributed by atoms with Crippen molar-refractivity contribution < 1.29 is 0 Å². The summed E-state index contributed by atoms with van der Waals surface area (Å²) in [6.07, 6.45) is 3.35. The molecule has 1 atom stereocenters. The lowest BCUT2D eigenvalue weighted by atomic mass is 9.92. The molecule has 9 aromatic rings. The van der Waals surface area contributed by atoms with Gasteiger partial charge in [0.2, 0.25) is 0 Å². The van der Waals surface area contributed by atoms with Gasteiger partial charge in [-0.15, -0.1) is 0 Å². The van der Waals surface area contributed by atoms with Crippen LogP contribution in [0, 0.1) is 0 Å². The third-order valence-electron chi connectivity index (χ3n) is 10.4. The molecule has 1 aliphatic rings. The average molecular weight is 691 g/mol. The second kappa shape index (κ2) is 13.4. The van der Waals surface area contributed by atoms with Crippen molar-refractivity contribution in [3.05, 3.63) is 211 Å². The average Bonchev–Trinajstić information content (AvgIpc) is 3.26. The zero-order valence-electron chi connectivity index (χ0n) is 29.4. The quantitative estimate of drug-likeness (QED) is 0.177. The van der Waals surface area contributed by atoms with Gasteiger partial charge in [0, 0.05) is 23.5 Å². The minimum atomic E-state index is -0.321. The molecule has 1 N–H and O–H groups in total. The van der Waals surface area contributed by atoms with Crippen molar-refractivity contribution in [3.63, 3.8) is 0 Å². The van der Waals surface area contributed by atoms with Crippen molar-refractivity contribution in [2.45, 2.75) is 6.17 Å². The summed E-state index contributed by atoms with van der Waals surface area (Å²) in [5, 5.41) is 11.1. The number of benzene rings is 8. The third-order valence-corrected chi connectivity index (χ3v) is 10.4. The van der Waals surface area contributed by atoms with Gasteiger partial charge in [-0.05, 0) is 114 Å². The summed E-state index contributed by atoms with van der Waals surface area (Å²) >= 11 is 0. The molecule has 0 saturated carbocycles. The molecule has 0 saturated heterocycles. The Balaban J connectivity index is 1.12. The first-order valence-corrected chi connectivity index (χ1v) is 18.3. The van der Waals surface area contributed by atoms with E-state index in [9.17, 15) is 0 Å². The predicted octanol–water partition coefficient (Wildman–Crippen LogP) is 12.0. The van der Waals surface area contributed by atoms with Gasteiger partial charge in [0.15, 0.2) is 5.84 Å². The normalized spacial score (nSPS) is 14.1. The highest BCUT2D eigenvalue weighted by Gasteiger charge is 2.22. The summed E-state index contributed by atoms with van der Waals surface area (Å²) in [5.74, 6) is 1.49. The Morgan fingerprint density at radius 1 is 0.370 bits per heavy atom. The van der Waals surface area contributed by atoms with E-state index in [2.05, 4.69) is 162 Å². The fourth-order valence-electron chi connectivity index (χ4n) is 7.55. The maximum absolute atomic E-state index is 5.22. The molecule has 0 radical (unpaired) electrons. The summed E-state index contributed by atoms with van der Waals surface area (Å²) in [6.45, 7) is 0. The molecule has 0 fully saturated rings. The number of aromatic nitrogens is 1. The molecule has 1 aliphatic heterocycles. The number of amidine groups is 2. The van der Waals surface area contributed by atoms with Gasteiger partial charge in [-0.2, -0.15) is 0 Å². The van der Waals surface area contributed by atoms with E-state index in [4.69, 9.17) is 9.98 Å². The number of aliphatic imine (C=N–C) groups is 2. The molecule has 10 rings (SSSR count). The highest BCUT2D eigenvalue weighted by Crippen LogP contribution is 2.35. The van der Waals surface area contributed by atoms with Gasteiger partial charge in [-0.3, -0.25) is 4.98 Å². The topological polar surface area (TPSA) is 49.6 Å². The van der Waals surface area contributed by atoms with Crippen molar-refractivity contribution in [1.29, 1.82) is 0 Å². The standard InChI is InChI=1S/C50H34N4/c1-2-10-38(11-3-1)48-52-49(42-21-18-33-8-4-5-12-39(33)29-42)54-50(53-48)45-31-43(35-16-14-34(15-17-35)36-24-26-51-27-25-36)30-44(32-45)40-22-23-47-41(28-40)20-19-37-9-6-7-13-46(37)47/h1-32,49H,(H,52,53,54). The van der Waals surface area contributed by atoms with Crippen LogP contribution in [0.3, 0.4) is 0 Å². The Morgan fingerprint density at radius 3 is 1.78 bits per heavy atom. The van der Waals surface area contributed by atoms with Crippen LogP contribution in [0.2, 0.25) is 0 Å². The number of fused-ring (bicyclic) bond motifs is 4. The molecular formula is C50H34N4. The molecule has 2 heterocycles. The molecule has 4 nitrogen and oxygen atoms in total. The fourth-order valence-corrected chi connectivity index (χ4v) is 7.55. The maximum atomic E-state index is 5.22. The monoisotopic (exact) mass is 690 g/mol. The Labute approximate surface area is 313 Å². The van der Waals surface area contributed by atoms with Crippen LogP contribution >= 0.6 is 0 Å². The molecule has 0 aliphatic carbocycles. The highest BCUT2D eigenvalue weighted by molar-refractivity contribution is 6.14. The molecule has 0 amide bonds. The van der Waals surface area contributed by atoms with E-state index in [0.29, 0.717) is 5.84 Å². The van der Waals surface area contributed by atoms with Crippen LogP contribution in [0.25, 0.3) is 65.7 Å². The van der Waals surface area contributed by atoms with E-state index >= 15 is 0 Å². The molecule has 0 bridgehead atoms. The molecule has 1 aromatic heterocycles. The largest absolute Gasteiger partial charge is 0.344 e. The van der Waals surface area contributed by atoms with Gasteiger partial charge in [0.1, 0.15) is 12.0 Å². The minimum Gasteiger partial charge on any atom is -0.344 e. The summed E-state index contributed by atoms with van der Waals surface area (Å²) in [6, 6.07) is 64.8. The van der Waals surface area contributed by atoms with E-state index < -0.39 is 0 Å². The van der Waals surface area contributed by atoms with Crippen molar-refractivity contribution in [2.75, 3.05) is 0 Å². The molecule has 8 aromatic carbocycles. The second-order valence-electron chi connectivity index (χ2n) is 13.8. The molecule has 1 unspecified atom stereocenters. The first kappa shape index (κ1) is 31.6. The predicted molar refractivity (Wildman–Crippen MR) is 225 cm³/mol. The van der Waals surface area contributed by atoms with Gasteiger partial charge in [0.25, 0.3) is 0 Å². The smallest absolute Gasteiger partial charge is 0.159 e. The van der Waals surface area contributed by atoms with Gasteiger partial charge in [-0.1, -0.05) is 140 Å². The number of pyridine rings is 1. The number of rotatable bonds is 6. The fraction of sp³-hybridized carbons (Fsp3) is 0.0200. The number of nitrogens with one attached hydrogen (secondary N) is 1. The number of hydrogen-bond acceptors (Lipinski definition) is 4. The lowest BCUT2D eigenvalue weighted by Crippen LogP contribution is -2.33. The zero-order valence-corrected chi connectivity index (χ0v) is 29.4. The summed E-state index contributed by atoms with van der Waals surface area (Å²) in [5.41, 5.74) is 9.85. The van der Waals surface area contributed by atoms with E-state index in [1.807, 2.05) is 42.7 Å². The van der Waals surface area contributed by atoms with E-state index in [-0.39, 0.29) is 6.17 Å². The van der Waals surface area contributed by atoms with Gasteiger partial charge in [-0.25, -0.2) is 9.98 Å². The van der Waals surface area contributed by atoms with Crippen LogP contribution in [0.5, 0.6) is 0 Å². The van der Waals surface area contributed by atoms with Crippen LogP contribution in [0.15, 0.2) is 204 Å². The van der Waals surface area contributed by atoms with Crippen molar-refractivity contribution in [3.8, 4) is 33.4 Å². The summed E-state index contributed by atoms with van der Waals surface area (Å²) in [4.78, 5) is 14.6. The van der Waals surface area contributed by atoms with Crippen molar-refractivity contribution in [1.82, 2.24) is 10.3 Å². The maximum Gasteiger partial charge on any atom is 0.159 e. The second-order valence-corrected chi connectivity index (χ2v) is 13.8. The van der Waals surface area contributed by atoms with Crippen LogP contribution in [0.4, 0.5) is 0 Å². The first-order valence-electron chi connectivity index (χ1n) is 18.3. The number of hydrogen-bond donors (Lipinski definition) is 1. The Kier molecular flexibility index (Phi) is 7.85. The highest BCUT2D eigenvalue weighted by atomic mass is 15.2. The summed E-state index contributed by atoms with van der Waals surface area (Å²) in [7, 11) is 0. The minimum absolute atomic E-state index is 0.321. The Hall–Kier alpha value is -7.17. The zero-order chi connectivity index (χ0) is 35.8. The van der Waals surface area contributed by atoms with Crippen LogP contribution < -0.4 is 5.32 Å². The lowest BCUT2D eigenvalue weighted by Gasteiger charge is -2.24. The van der Waals surface area contributed by atoms with E-state index in [1.165, 1.54) is 32.3 Å².